The predicted molar refractivity (Wildman–Crippen MR) is 102 cm³/mol. The maximum Gasteiger partial charge on any atom is 0.150 e. The highest BCUT2D eigenvalue weighted by atomic mass is 15.4. The fraction of sp³-hybridized carbons (Fsp3) is 0.143. The highest BCUT2D eigenvalue weighted by Gasteiger charge is 2.28. The minimum Gasteiger partial charge on any atom is -0.359 e. The quantitative estimate of drug-likeness (QED) is 0.590. The number of rotatable bonds is 2. The van der Waals surface area contributed by atoms with Crippen molar-refractivity contribution in [1.29, 1.82) is 0 Å². The second-order valence-corrected chi connectivity index (χ2v) is 6.66. The zero-order valence-electron chi connectivity index (χ0n) is 14.7. The van der Waals surface area contributed by atoms with Gasteiger partial charge in [-0.15, -0.1) is 0 Å². The highest BCUT2D eigenvalue weighted by Crippen LogP contribution is 2.39. The third-order valence-electron chi connectivity index (χ3n) is 4.85. The Balaban J connectivity index is 1.65. The normalized spacial score (nSPS) is 15.2. The molecule has 0 saturated carbocycles. The zero-order chi connectivity index (χ0) is 17.7. The monoisotopic (exact) mass is 341 g/mol. The van der Waals surface area contributed by atoms with E-state index in [2.05, 4.69) is 58.7 Å². The Hall–Kier alpha value is -3.34. The summed E-state index contributed by atoms with van der Waals surface area (Å²) in [6.07, 6.45) is 2.02. The van der Waals surface area contributed by atoms with Crippen LogP contribution in [0.2, 0.25) is 0 Å². The van der Waals surface area contributed by atoms with Crippen LogP contribution in [0.1, 0.15) is 23.1 Å². The molecule has 1 aliphatic heterocycles. The number of nitrogens with zero attached hydrogens (tertiary/aromatic N) is 4. The van der Waals surface area contributed by atoms with Gasteiger partial charge in [0.05, 0.1) is 22.8 Å². The first-order valence-electron chi connectivity index (χ1n) is 8.74. The maximum absolute atomic E-state index is 4.75. The summed E-state index contributed by atoms with van der Waals surface area (Å²) in [4.78, 5) is 0. The lowest BCUT2D eigenvalue weighted by Crippen LogP contribution is -2.25. The molecular weight excluding hydrogens is 322 g/mol. The first kappa shape index (κ1) is 15.0. The molecule has 26 heavy (non-hydrogen) atoms. The summed E-state index contributed by atoms with van der Waals surface area (Å²) in [6.45, 7) is 4.08. The number of hydrogen-bond donors (Lipinski definition) is 1. The first-order valence-corrected chi connectivity index (χ1v) is 8.74. The fourth-order valence-corrected chi connectivity index (χ4v) is 3.62. The van der Waals surface area contributed by atoms with Crippen LogP contribution in [0.15, 0.2) is 66.9 Å². The van der Waals surface area contributed by atoms with Crippen molar-refractivity contribution >= 4 is 5.69 Å². The molecule has 2 aromatic carbocycles. The van der Waals surface area contributed by atoms with Crippen molar-refractivity contribution in [3.05, 3.63) is 83.8 Å². The number of para-hydroxylation sites is 2. The lowest BCUT2D eigenvalue weighted by Gasteiger charge is -2.28. The average molecular weight is 341 g/mol. The minimum absolute atomic E-state index is 0.0777. The number of fused-ring (bicyclic) bond motifs is 3. The molecule has 0 aliphatic carbocycles. The molecule has 0 fully saturated rings. The molecule has 1 aliphatic rings. The molecule has 1 N–H and O–H groups in total. The topological polar surface area (TPSA) is 47.7 Å². The van der Waals surface area contributed by atoms with E-state index in [1.54, 1.807) is 0 Å². The number of aryl methyl sites for hydroxylation is 2. The van der Waals surface area contributed by atoms with E-state index in [-0.39, 0.29) is 6.17 Å². The van der Waals surface area contributed by atoms with Crippen LogP contribution in [-0.4, -0.2) is 19.6 Å². The molecule has 4 aromatic rings. The van der Waals surface area contributed by atoms with E-state index in [0.29, 0.717) is 0 Å². The Kier molecular flexibility index (Phi) is 3.22. The molecule has 2 aromatic heterocycles. The number of benzene rings is 2. The molecule has 5 nitrogen and oxygen atoms in total. The third kappa shape index (κ3) is 2.24. The van der Waals surface area contributed by atoms with Gasteiger partial charge in [-0.25, -0.2) is 9.36 Å². The van der Waals surface area contributed by atoms with Crippen molar-refractivity contribution in [1.82, 2.24) is 19.6 Å². The van der Waals surface area contributed by atoms with E-state index >= 15 is 0 Å². The second kappa shape index (κ2) is 5.59. The summed E-state index contributed by atoms with van der Waals surface area (Å²) in [5.74, 6) is 0. The molecule has 0 amide bonds. The van der Waals surface area contributed by atoms with Crippen LogP contribution in [0.4, 0.5) is 5.69 Å². The highest BCUT2D eigenvalue weighted by molar-refractivity contribution is 5.78. The Labute approximate surface area is 151 Å². The number of nitrogens with one attached hydrogen (secondary N) is 1. The van der Waals surface area contributed by atoms with Crippen LogP contribution in [0.5, 0.6) is 0 Å². The van der Waals surface area contributed by atoms with E-state index in [4.69, 9.17) is 10.2 Å². The summed E-state index contributed by atoms with van der Waals surface area (Å²) < 4.78 is 4.00. The molecule has 1 atom stereocenters. The van der Waals surface area contributed by atoms with Gasteiger partial charge in [-0.05, 0) is 38.1 Å². The smallest absolute Gasteiger partial charge is 0.150 e. The molecule has 5 rings (SSSR count). The van der Waals surface area contributed by atoms with Crippen molar-refractivity contribution in [2.24, 2.45) is 0 Å². The molecule has 0 saturated heterocycles. The van der Waals surface area contributed by atoms with E-state index in [1.165, 1.54) is 5.56 Å². The lowest BCUT2D eigenvalue weighted by molar-refractivity contribution is 0.569. The maximum atomic E-state index is 4.75. The van der Waals surface area contributed by atoms with Crippen LogP contribution in [0.25, 0.3) is 16.9 Å². The fourth-order valence-electron chi connectivity index (χ4n) is 3.62. The predicted octanol–water partition coefficient (Wildman–Crippen LogP) is 4.33. The van der Waals surface area contributed by atoms with Crippen molar-refractivity contribution in [2.75, 3.05) is 5.32 Å². The van der Waals surface area contributed by atoms with Crippen molar-refractivity contribution in [2.45, 2.75) is 20.0 Å². The second-order valence-electron chi connectivity index (χ2n) is 6.66. The Bertz CT molecular complexity index is 1090. The molecule has 0 unspecified atom stereocenters. The molecule has 0 bridgehead atoms. The lowest BCUT2D eigenvalue weighted by atomic mass is 10.0. The van der Waals surface area contributed by atoms with Gasteiger partial charge >= 0.3 is 0 Å². The molecule has 5 heteroatoms. The van der Waals surface area contributed by atoms with Crippen LogP contribution in [-0.2, 0) is 0 Å². The van der Waals surface area contributed by atoms with Crippen LogP contribution >= 0.6 is 0 Å². The van der Waals surface area contributed by atoms with E-state index < -0.39 is 0 Å². The number of aromatic nitrogens is 4. The number of anilines is 1. The Morgan fingerprint density at radius 1 is 0.923 bits per heavy atom. The van der Waals surface area contributed by atoms with Crippen molar-refractivity contribution in [3.8, 4) is 16.9 Å². The van der Waals surface area contributed by atoms with Gasteiger partial charge in [0.25, 0.3) is 0 Å². The van der Waals surface area contributed by atoms with E-state index in [1.807, 2.05) is 36.7 Å². The van der Waals surface area contributed by atoms with Crippen LogP contribution in [0.3, 0.4) is 0 Å². The summed E-state index contributed by atoms with van der Waals surface area (Å²) in [5.41, 5.74) is 7.60. The van der Waals surface area contributed by atoms with Crippen molar-refractivity contribution < 1.29 is 0 Å². The van der Waals surface area contributed by atoms with Gasteiger partial charge in [0.2, 0.25) is 0 Å². The first-order chi connectivity index (χ1) is 12.7. The third-order valence-corrected chi connectivity index (χ3v) is 4.85. The van der Waals surface area contributed by atoms with Gasteiger partial charge in [0, 0.05) is 23.0 Å². The molecule has 128 valence electrons. The molecule has 0 radical (unpaired) electrons. The summed E-state index contributed by atoms with van der Waals surface area (Å²) in [5, 5.41) is 13.1. The standard InChI is InChI=1S/C21H19N5/c1-14-12-20-17-10-6-7-11-19(17)22-21(26(20)23-14)18-13-25(24-15(18)2)16-8-4-3-5-9-16/h3-13,21-22H,1-2H3/t21-/m1/s1. The molecule has 0 spiro atoms. The summed E-state index contributed by atoms with van der Waals surface area (Å²) in [7, 11) is 0. The van der Waals surface area contributed by atoms with Gasteiger partial charge in [-0.2, -0.15) is 10.2 Å². The summed E-state index contributed by atoms with van der Waals surface area (Å²) >= 11 is 0. The van der Waals surface area contributed by atoms with Gasteiger partial charge in [-0.1, -0.05) is 36.4 Å². The molecular formula is C21H19N5. The number of hydrogen-bond acceptors (Lipinski definition) is 3. The van der Waals surface area contributed by atoms with Gasteiger partial charge < -0.3 is 5.32 Å². The minimum atomic E-state index is -0.0777. The van der Waals surface area contributed by atoms with Gasteiger partial charge in [0.15, 0.2) is 6.17 Å². The average Bonchev–Trinajstić information content (AvgIpc) is 3.24. The zero-order valence-corrected chi connectivity index (χ0v) is 14.7. The summed E-state index contributed by atoms with van der Waals surface area (Å²) in [6, 6.07) is 20.7. The van der Waals surface area contributed by atoms with Crippen molar-refractivity contribution in [3.63, 3.8) is 0 Å². The van der Waals surface area contributed by atoms with Crippen LogP contribution in [0, 0.1) is 13.8 Å². The van der Waals surface area contributed by atoms with Gasteiger partial charge in [-0.3, -0.25) is 0 Å². The van der Waals surface area contributed by atoms with Crippen LogP contribution < -0.4 is 5.32 Å². The van der Waals surface area contributed by atoms with E-state index in [0.717, 1.165) is 34.0 Å². The molecule has 3 heterocycles. The SMILES string of the molecule is Cc1cc2n(n1)[C@H](c1cn(-c3ccccc3)nc1C)Nc1ccccc1-2. The Morgan fingerprint density at radius 2 is 1.69 bits per heavy atom. The van der Waals surface area contributed by atoms with Gasteiger partial charge in [0.1, 0.15) is 0 Å². The Morgan fingerprint density at radius 3 is 2.54 bits per heavy atom. The largest absolute Gasteiger partial charge is 0.359 e. The van der Waals surface area contributed by atoms with E-state index in [9.17, 15) is 0 Å².